The minimum atomic E-state index is -3.61. The summed E-state index contributed by atoms with van der Waals surface area (Å²) in [5.41, 5.74) is 0.585. The van der Waals surface area contributed by atoms with Crippen molar-refractivity contribution in [3.63, 3.8) is 0 Å². The molecule has 186 valence electrons. The Morgan fingerprint density at radius 2 is 1.68 bits per heavy atom. The summed E-state index contributed by atoms with van der Waals surface area (Å²) in [5.74, 6) is -0.735. The monoisotopic (exact) mass is 528 g/mol. The van der Waals surface area contributed by atoms with E-state index in [2.05, 4.69) is 4.98 Å². The van der Waals surface area contributed by atoms with Gasteiger partial charge in [-0.1, -0.05) is 31.3 Å². The zero-order valence-electron chi connectivity index (χ0n) is 19.7. The maximum Gasteiger partial charge on any atom is 0.260 e. The Hall–Kier alpha value is -2.11. The summed E-state index contributed by atoms with van der Waals surface area (Å²) in [4.78, 5) is 21.5. The molecule has 7 nitrogen and oxygen atoms in total. The first kappa shape index (κ1) is 28.1. The van der Waals surface area contributed by atoms with E-state index in [0.717, 1.165) is 6.54 Å². The van der Waals surface area contributed by atoms with Crippen molar-refractivity contribution in [3.8, 4) is 0 Å². The molecule has 0 fully saturated rings. The summed E-state index contributed by atoms with van der Waals surface area (Å²) in [6, 6.07) is 10.7. The standard InChI is InChI=1S/C23H29FN4O3S2.ClH/c1-5-27(6-2)33(30,31)18-13-11-17(12-14-18)22(29)28(16-8-15-26(3)4)23-25-21-19(24)9-7-10-20(21)32-23;/h7,9-14H,5-6,8,15-16H2,1-4H3;1H. The van der Waals surface area contributed by atoms with Crippen LogP contribution in [0.1, 0.15) is 30.6 Å². The number of sulfonamides is 1. The van der Waals surface area contributed by atoms with Gasteiger partial charge in [0.05, 0.1) is 9.60 Å². The Bertz CT molecular complexity index is 1210. The van der Waals surface area contributed by atoms with E-state index in [9.17, 15) is 17.6 Å². The molecule has 0 spiro atoms. The minimum Gasteiger partial charge on any atom is -0.309 e. The molecule has 34 heavy (non-hydrogen) atoms. The van der Waals surface area contributed by atoms with Gasteiger partial charge in [0.2, 0.25) is 10.0 Å². The van der Waals surface area contributed by atoms with Gasteiger partial charge < -0.3 is 4.90 Å². The van der Waals surface area contributed by atoms with E-state index >= 15 is 0 Å². The van der Waals surface area contributed by atoms with Gasteiger partial charge in [0, 0.05) is 25.2 Å². The number of hydrogen-bond donors (Lipinski definition) is 0. The van der Waals surface area contributed by atoms with Gasteiger partial charge in [-0.3, -0.25) is 9.69 Å². The normalized spacial score (nSPS) is 11.7. The molecule has 11 heteroatoms. The Morgan fingerprint density at radius 3 is 2.24 bits per heavy atom. The summed E-state index contributed by atoms with van der Waals surface area (Å²) >= 11 is 1.26. The Kier molecular flexibility index (Phi) is 9.96. The zero-order chi connectivity index (χ0) is 24.2. The van der Waals surface area contributed by atoms with E-state index in [-0.39, 0.29) is 28.7 Å². The van der Waals surface area contributed by atoms with E-state index in [1.807, 2.05) is 19.0 Å². The molecule has 0 unspecified atom stereocenters. The molecule has 0 saturated carbocycles. The van der Waals surface area contributed by atoms with Crippen LogP contribution in [0, 0.1) is 5.82 Å². The number of para-hydroxylation sites is 1. The number of rotatable bonds is 10. The molecule has 1 heterocycles. The summed E-state index contributed by atoms with van der Waals surface area (Å²) in [6.07, 6.45) is 0.700. The average molecular weight is 529 g/mol. The Morgan fingerprint density at radius 1 is 1.03 bits per heavy atom. The highest BCUT2D eigenvalue weighted by atomic mass is 35.5. The highest BCUT2D eigenvalue weighted by molar-refractivity contribution is 7.89. The van der Waals surface area contributed by atoms with Gasteiger partial charge in [0.25, 0.3) is 5.91 Å². The number of aromatic nitrogens is 1. The molecule has 0 atom stereocenters. The fourth-order valence-corrected chi connectivity index (χ4v) is 5.95. The second-order valence-corrected chi connectivity index (χ2v) is 10.8. The number of benzene rings is 2. The summed E-state index contributed by atoms with van der Waals surface area (Å²) < 4.78 is 41.7. The number of halogens is 2. The van der Waals surface area contributed by atoms with Gasteiger partial charge >= 0.3 is 0 Å². The van der Waals surface area contributed by atoms with Crippen molar-refractivity contribution >= 4 is 55.0 Å². The third kappa shape index (κ3) is 6.11. The first-order chi connectivity index (χ1) is 15.7. The van der Waals surface area contributed by atoms with Crippen molar-refractivity contribution in [2.75, 3.05) is 45.2 Å². The smallest absolute Gasteiger partial charge is 0.260 e. The SMILES string of the molecule is CCN(CC)S(=O)(=O)c1ccc(C(=O)N(CCCN(C)C)c2nc3c(F)cccc3s2)cc1.Cl. The van der Waals surface area contributed by atoms with Gasteiger partial charge in [-0.15, -0.1) is 12.4 Å². The zero-order valence-corrected chi connectivity index (χ0v) is 22.1. The van der Waals surface area contributed by atoms with E-state index in [4.69, 9.17) is 0 Å². The average Bonchev–Trinajstić information content (AvgIpc) is 3.22. The second-order valence-electron chi connectivity index (χ2n) is 7.81. The van der Waals surface area contributed by atoms with Crippen LogP contribution >= 0.6 is 23.7 Å². The van der Waals surface area contributed by atoms with Crippen molar-refractivity contribution < 1.29 is 17.6 Å². The summed E-state index contributed by atoms with van der Waals surface area (Å²) in [5, 5.41) is 0.415. The van der Waals surface area contributed by atoms with Crippen LogP contribution in [-0.4, -0.2) is 68.8 Å². The molecule has 0 aliphatic rings. The Balaban J connectivity index is 0.00000408. The lowest BCUT2D eigenvalue weighted by Gasteiger charge is -2.22. The number of anilines is 1. The number of nitrogens with zero attached hydrogens (tertiary/aromatic N) is 4. The lowest BCUT2D eigenvalue weighted by atomic mass is 10.2. The van der Waals surface area contributed by atoms with E-state index in [0.29, 0.717) is 41.5 Å². The van der Waals surface area contributed by atoms with E-state index in [1.54, 1.807) is 30.9 Å². The number of carbonyl (C=O) groups excluding carboxylic acids is 1. The fourth-order valence-electron chi connectivity index (χ4n) is 3.49. The van der Waals surface area contributed by atoms with Gasteiger partial charge in [0.1, 0.15) is 11.3 Å². The number of carbonyl (C=O) groups is 1. The molecule has 0 saturated heterocycles. The van der Waals surface area contributed by atoms with Gasteiger partial charge in [-0.05, 0) is 63.5 Å². The quantitative estimate of drug-likeness (QED) is 0.388. The van der Waals surface area contributed by atoms with Crippen molar-refractivity contribution in [3.05, 3.63) is 53.8 Å². The number of hydrogen-bond acceptors (Lipinski definition) is 6. The predicted octanol–water partition coefficient (Wildman–Crippen LogP) is 4.49. The third-order valence-electron chi connectivity index (χ3n) is 5.27. The van der Waals surface area contributed by atoms with E-state index in [1.165, 1.54) is 46.0 Å². The molecule has 0 N–H and O–H groups in total. The maximum atomic E-state index is 14.2. The van der Waals surface area contributed by atoms with Crippen molar-refractivity contribution in [1.29, 1.82) is 0 Å². The topological polar surface area (TPSA) is 73.8 Å². The molecule has 0 aliphatic carbocycles. The lowest BCUT2D eigenvalue weighted by Crippen LogP contribution is -2.33. The van der Waals surface area contributed by atoms with Crippen LogP contribution in [0.15, 0.2) is 47.4 Å². The van der Waals surface area contributed by atoms with Gasteiger partial charge in [-0.25, -0.2) is 17.8 Å². The van der Waals surface area contributed by atoms with Crippen LogP contribution in [0.4, 0.5) is 9.52 Å². The molecular formula is C23H30ClFN4O3S2. The van der Waals surface area contributed by atoms with Crippen LogP contribution in [0.2, 0.25) is 0 Å². The summed E-state index contributed by atoms with van der Waals surface area (Å²) in [6.45, 7) is 5.47. The highest BCUT2D eigenvalue weighted by Crippen LogP contribution is 2.31. The maximum absolute atomic E-state index is 14.2. The predicted molar refractivity (Wildman–Crippen MR) is 138 cm³/mol. The van der Waals surface area contributed by atoms with Crippen LogP contribution in [-0.2, 0) is 10.0 Å². The second kappa shape index (κ2) is 12.0. The number of amides is 1. The van der Waals surface area contributed by atoms with Crippen LogP contribution in [0.3, 0.4) is 0 Å². The first-order valence-corrected chi connectivity index (χ1v) is 13.1. The molecule has 3 aromatic rings. The number of thiazole rings is 1. The van der Waals surface area contributed by atoms with E-state index < -0.39 is 15.8 Å². The fraction of sp³-hybridized carbons (Fsp3) is 0.391. The van der Waals surface area contributed by atoms with Gasteiger partial charge in [0.15, 0.2) is 5.13 Å². The first-order valence-electron chi connectivity index (χ1n) is 10.8. The van der Waals surface area contributed by atoms with Crippen LogP contribution in [0.25, 0.3) is 10.2 Å². The van der Waals surface area contributed by atoms with Crippen molar-refractivity contribution in [1.82, 2.24) is 14.2 Å². The minimum absolute atomic E-state index is 0. The summed E-state index contributed by atoms with van der Waals surface area (Å²) in [7, 11) is 0.294. The molecule has 1 aromatic heterocycles. The van der Waals surface area contributed by atoms with Crippen LogP contribution in [0.5, 0.6) is 0 Å². The van der Waals surface area contributed by atoms with Crippen molar-refractivity contribution in [2.45, 2.75) is 25.2 Å². The van der Waals surface area contributed by atoms with Crippen LogP contribution < -0.4 is 4.90 Å². The molecule has 0 aliphatic heterocycles. The highest BCUT2D eigenvalue weighted by Gasteiger charge is 2.25. The molecule has 2 aromatic carbocycles. The molecule has 1 amide bonds. The van der Waals surface area contributed by atoms with Gasteiger partial charge in [-0.2, -0.15) is 4.31 Å². The molecule has 0 bridgehead atoms. The lowest BCUT2D eigenvalue weighted by molar-refractivity contribution is 0.0986. The molecule has 3 rings (SSSR count). The molecular weight excluding hydrogens is 499 g/mol. The Labute approximate surface area is 210 Å². The third-order valence-corrected chi connectivity index (χ3v) is 8.37. The number of fused-ring (bicyclic) bond motifs is 1. The largest absolute Gasteiger partial charge is 0.309 e. The van der Waals surface area contributed by atoms with Crippen molar-refractivity contribution in [2.24, 2.45) is 0 Å². The molecule has 0 radical (unpaired) electrons.